The van der Waals surface area contributed by atoms with E-state index in [1.807, 2.05) is 60.1 Å². The highest BCUT2D eigenvalue weighted by atomic mass is 32.1. The van der Waals surface area contributed by atoms with Crippen molar-refractivity contribution in [3.05, 3.63) is 65.3 Å². The number of nitrogens with zero attached hydrogens (tertiary/aromatic N) is 4. The fraction of sp³-hybridized carbons (Fsp3) is 0.227. The standard InChI is InChI=1S/C22H21N5O2S/c1-15-17-14-19(30-22(17)27(25-15)16-6-3-2-4-7-16)21(28)24-18-8-5-9-23-20(18)26-10-12-29-13-11-26/h2-9,14H,10-13H2,1H3,(H,24,28). The number of carbonyl (C=O) groups is 1. The van der Waals surface area contributed by atoms with Gasteiger partial charge in [-0.2, -0.15) is 5.10 Å². The lowest BCUT2D eigenvalue weighted by atomic mass is 10.3. The van der Waals surface area contributed by atoms with E-state index in [2.05, 4.69) is 20.3 Å². The SMILES string of the molecule is Cc1nn(-c2ccccc2)c2sc(C(=O)Nc3cccnc3N3CCOCC3)cc12. The molecule has 0 aliphatic carbocycles. The molecular weight excluding hydrogens is 398 g/mol. The molecule has 4 heterocycles. The zero-order valence-corrected chi connectivity index (χ0v) is 17.4. The van der Waals surface area contributed by atoms with Gasteiger partial charge in [-0.3, -0.25) is 4.79 Å². The van der Waals surface area contributed by atoms with Gasteiger partial charge in [-0.25, -0.2) is 9.67 Å². The Morgan fingerprint density at radius 1 is 1.13 bits per heavy atom. The number of hydrogen-bond acceptors (Lipinski definition) is 6. The molecule has 1 aromatic carbocycles. The number of pyridine rings is 1. The fourth-order valence-electron chi connectivity index (χ4n) is 3.61. The molecule has 1 saturated heterocycles. The zero-order chi connectivity index (χ0) is 20.5. The molecule has 0 saturated carbocycles. The number of aromatic nitrogens is 3. The van der Waals surface area contributed by atoms with E-state index in [1.54, 1.807) is 6.20 Å². The van der Waals surface area contributed by atoms with Gasteiger partial charge in [-0.15, -0.1) is 11.3 Å². The molecule has 152 valence electrons. The molecule has 1 amide bonds. The fourth-order valence-corrected chi connectivity index (χ4v) is 4.69. The molecule has 1 aliphatic heterocycles. The first-order valence-corrected chi connectivity index (χ1v) is 10.7. The molecule has 7 nitrogen and oxygen atoms in total. The van der Waals surface area contributed by atoms with Gasteiger partial charge in [0.1, 0.15) is 4.83 Å². The third-order valence-electron chi connectivity index (χ3n) is 5.11. The molecule has 0 atom stereocenters. The molecule has 5 rings (SSSR count). The number of rotatable bonds is 4. The van der Waals surface area contributed by atoms with E-state index in [0.29, 0.717) is 23.8 Å². The molecular formula is C22H21N5O2S. The third kappa shape index (κ3) is 3.44. The Hall–Kier alpha value is -3.23. The number of carbonyl (C=O) groups excluding carboxylic acids is 1. The van der Waals surface area contributed by atoms with E-state index in [4.69, 9.17) is 4.74 Å². The second-order valence-electron chi connectivity index (χ2n) is 7.09. The van der Waals surface area contributed by atoms with E-state index in [0.717, 1.165) is 40.5 Å². The van der Waals surface area contributed by atoms with Crippen molar-refractivity contribution in [2.75, 3.05) is 36.5 Å². The van der Waals surface area contributed by atoms with Crippen molar-refractivity contribution in [1.82, 2.24) is 14.8 Å². The van der Waals surface area contributed by atoms with Crippen molar-refractivity contribution < 1.29 is 9.53 Å². The van der Waals surface area contributed by atoms with Crippen LogP contribution in [-0.2, 0) is 4.74 Å². The minimum atomic E-state index is -0.141. The van der Waals surface area contributed by atoms with E-state index in [1.165, 1.54) is 11.3 Å². The molecule has 1 aliphatic rings. The highest BCUT2D eigenvalue weighted by Crippen LogP contribution is 2.31. The number of thiophene rings is 1. The Morgan fingerprint density at radius 2 is 1.93 bits per heavy atom. The van der Waals surface area contributed by atoms with Crippen molar-refractivity contribution in [3.63, 3.8) is 0 Å². The quantitative estimate of drug-likeness (QED) is 0.544. The number of morpholine rings is 1. The predicted molar refractivity (Wildman–Crippen MR) is 119 cm³/mol. The molecule has 3 aromatic heterocycles. The van der Waals surface area contributed by atoms with Crippen molar-refractivity contribution in [2.24, 2.45) is 0 Å². The molecule has 0 radical (unpaired) electrons. The third-order valence-corrected chi connectivity index (χ3v) is 6.22. The van der Waals surface area contributed by atoms with E-state index in [9.17, 15) is 4.79 Å². The number of nitrogens with one attached hydrogen (secondary N) is 1. The second kappa shape index (κ2) is 7.89. The monoisotopic (exact) mass is 419 g/mol. The van der Waals surface area contributed by atoms with Crippen LogP contribution in [0.1, 0.15) is 15.4 Å². The van der Waals surface area contributed by atoms with Crippen LogP contribution >= 0.6 is 11.3 Å². The van der Waals surface area contributed by atoms with Gasteiger partial charge < -0.3 is 15.0 Å². The summed E-state index contributed by atoms with van der Waals surface area (Å²) in [4.78, 5) is 21.3. The van der Waals surface area contributed by atoms with E-state index < -0.39 is 0 Å². The van der Waals surface area contributed by atoms with Gasteiger partial charge in [0.25, 0.3) is 5.91 Å². The first-order valence-electron chi connectivity index (χ1n) is 9.84. The molecule has 1 N–H and O–H groups in total. The lowest BCUT2D eigenvalue weighted by Gasteiger charge is -2.29. The molecule has 0 bridgehead atoms. The number of amides is 1. The molecule has 0 spiro atoms. The molecule has 1 fully saturated rings. The van der Waals surface area contributed by atoms with Gasteiger partial charge in [-0.05, 0) is 37.3 Å². The Morgan fingerprint density at radius 3 is 2.73 bits per heavy atom. The molecule has 4 aromatic rings. The maximum Gasteiger partial charge on any atom is 0.265 e. The van der Waals surface area contributed by atoms with Gasteiger partial charge >= 0.3 is 0 Å². The largest absolute Gasteiger partial charge is 0.378 e. The van der Waals surface area contributed by atoms with Crippen LogP contribution in [0.2, 0.25) is 0 Å². The Labute approximate surface area is 177 Å². The Balaban J connectivity index is 1.45. The summed E-state index contributed by atoms with van der Waals surface area (Å²) in [6.07, 6.45) is 1.75. The second-order valence-corrected chi connectivity index (χ2v) is 8.12. The van der Waals surface area contributed by atoms with Gasteiger partial charge in [-0.1, -0.05) is 18.2 Å². The highest BCUT2D eigenvalue weighted by molar-refractivity contribution is 7.20. The number of anilines is 2. The van der Waals surface area contributed by atoms with Crippen LogP contribution in [0.15, 0.2) is 54.7 Å². The van der Waals surface area contributed by atoms with E-state index in [-0.39, 0.29) is 5.91 Å². The van der Waals surface area contributed by atoms with Crippen LogP contribution in [0, 0.1) is 6.92 Å². The van der Waals surface area contributed by atoms with Gasteiger partial charge in [0.2, 0.25) is 0 Å². The topological polar surface area (TPSA) is 72.3 Å². The summed E-state index contributed by atoms with van der Waals surface area (Å²) in [6.45, 7) is 4.81. The zero-order valence-electron chi connectivity index (χ0n) is 16.5. The van der Waals surface area contributed by atoms with Crippen molar-refractivity contribution in [3.8, 4) is 5.69 Å². The van der Waals surface area contributed by atoms with Crippen LogP contribution in [-0.4, -0.2) is 47.0 Å². The lowest BCUT2D eigenvalue weighted by molar-refractivity contribution is 0.103. The van der Waals surface area contributed by atoms with Crippen LogP contribution in [0.5, 0.6) is 0 Å². The number of benzene rings is 1. The summed E-state index contributed by atoms with van der Waals surface area (Å²) in [5.41, 5.74) is 2.59. The number of aryl methyl sites for hydroxylation is 1. The van der Waals surface area contributed by atoms with Gasteiger partial charge in [0.15, 0.2) is 5.82 Å². The van der Waals surface area contributed by atoms with Crippen LogP contribution in [0.25, 0.3) is 15.9 Å². The van der Waals surface area contributed by atoms with Crippen molar-refractivity contribution >= 4 is 39.0 Å². The summed E-state index contributed by atoms with van der Waals surface area (Å²) in [7, 11) is 0. The van der Waals surface area contributed by atoms with Crippen molar-refractivity contribution in [2.45, 2.75) is 6.92 Å². The molecule has 30 heavy (non-hydrogen) atoms. The van der Waals surface area contributed by atoms with Crippen LogP contribution in [0.3, 0.4) is 0 Å². The lowest BCUT2D eigenvalue weighted by Crippen LogP contribution is -2.37. The first kappa shape index (κ1) is 18.8. The average molecular weight is 420 g/mol. The van der Waals surface area contributed by atoms with Crippen LogP contribution in [0.4, 0.5) is 11.5 Å². The Kier molecular flexibility index (Phi) is 4.94. The predicted octanol–water partition coefficient (Wildman–Crippen LogP) is 3.88. The number of fused-ring (bicyclic) bond motifs is 1. The minimum Gasteiger partial charge on any atom is -0.378 e. The summed E-state index contributed by atoms with van der Waals surface area (Å²) < 4.78 is 7.33. The number of ether oxygens (including phenoxy) is 1. The smallest absolute Gasteiger partial charge is 0.265 e. The maximum absolute atomic E-state index is 13.1. The minimum absolute atomic E-state index is 0.141. The number of hydrogen-bond donors (Lipinski definition) is 1. The summed E-state index contributed by atoms with van der Waals surface area (Å²) in [6, 6.07) is 15.6. The van der Waals surface area contributed by atoms with E-state index >= 15 is 0 Å². The average Bonchev–Trinajstić information content (AvgIpc) is 3.36. The number of para-hydroxylation sites is 1. The maximum atomic E-state index is 13.1. The van der Waals surface area contributed by atoms with Crippen molar-refractivity contribution in [1.29, 1.82) is 0 Å². The summed E-state index contributed by atoms with van der Waals surface area (Å²) >= 11 is 1.44. The first-order chi connectivity index (χ1) is 14.7. The molecule has 8 heteroatoms. The summed E-state index contributed by atoms with van der Waals surface area (Å²) in [5.74, 6) is 0.639. The van der Waals surface area contributed by atoms with Gasteiger partial charge in [0, 0.05) is 24.7 Å². The van der Waals surface area contributed by atoms with Gasteiger partial charge in [0.05, 0.1) is 35.2 Å². The normalized spacial score (nSPS) is 14.2. The highest BCUT2D eigenvalue weighted by Gasteiger charge is 2.20. The Bertz CT molecular complexity index is 1190. The molecule has 0 unspecified atom stereocenters. The van der Waals surface area contributed by atoms with Crippen LogP contribution < -0.4 is 10.2 Å². The summed E-state index contributed by atoms with van der Waals surface area (Å²) in [5, 5.41) is 8.69.